The number of phosphoric ester groups is 1. The fourth-order valence-corrected chi connectivity index (χ4v) is 6.51. The summed E-state index contributed by atoms with van der Waals surface area (Å²) in [5.41, 5.74) is 0. The molecule has 57 heavy (non-hydrogen) atoms. The molecule has 2 atom stereocenters. The van der Waals surface area contributed by atoms with Crippen LogP contribution in [-0.4, -0.2) is 54.3 Å². The molecule has 2 unspecified atom stereocenters. The van der Waals surface area contributed by atoms with Gasteiger partial charge in [-0.25, -0.2) is 4.57 Å². The Morgan fingerprint density at radius 3 is 1.53 bits per heavy atom. The maximum absolute atomic E-state index is 12.1. The first-order valence-electron chi connectivity index (χ1n) is 22.4. The summed E-state index contributed by atoms with van der Waals surface area (Å²) in [5.74, 6) is -0.564. The van der Waals surface area contributed by atoms with E-state index in [4.69, 9.17) is 13.8 Å². The van der Waals surface area contributed by atoms with Gasteiger partial charge >= 0.3 is 13.8 Å². The molecule has 0 saturated heterocycles. The summed E-state index contributed by atoms with van der Waals surface area (Å²) in [4.78, 5) is 33.9. The van der Waals surface area contributed by atoms with Gasteiger partial charge in [-0.15, -0.1) is 0 Å². The summed E-state index contributed by atoms with van der Waals surface area (Å²) in [6, 6.07) is 0. The normalized spacial score (nSPS) is 14.0. The number of aliphatic hydroxyl groups is 1. The van der Waals surface area contributed by atoms with Gasteiger partial charge in [0.1, 0.15) is 12.7 Å². The molecule has 10 heteroatoms. The third-order valence-electron chi connectivity index (χ3n) is 9.12. The standard InChI is InChI=1S/C47H82NO8P/c1-3-5-7-9-11-13-15-17-19-20-21-22-23-24-26-27-29-31-33-35-37-39-46(50)48-41-42-55-57(52,53)56-44-45(49)43-54-47(51)40-38-36-34-32-30-28-25-18-16-14-12-10-8-6-4-2/h6,8,11-14,17-19,25,30,32,45,49H,3-5,7,9-10,15-16,20-24,26-29,31,33-44H2,1-2H3,(H,48,50)(H,52,53)/b8-6-,13-11-,14-12-,19-17-,25-18-,32-30-. The largest absolute Gasteiger partial charge is 0.472 e. The van der Waals surface area contributed by atoms with Crippen LogP contribution in [0.4, 0.5) is 0 Å². The van der Waals surface area contributed by atoms with Crippen molar-refractivity contribution in [2.45, 2.75) is 187 Å². The second-order valence-corrected chi connectivity index (χ2v) is 16.1. The second kappa shape index (κ2) is 43.0. The van der Waals surface area contributed by atoms with E-state index in [9.17, 15) is 24.2 Å². The monoisotopic (exact) mass is 820 g/mol. The molecule has 0 bridgehead atoms. The molecule has 9 nitrogen and oxygen atoms in total. The third kappa shape index (κ3) is 44.4. The minimum atomic E-state index is -4.43. The summed E-state index contributed by atoms with van der Waals surface area (Å²) in [6.07, 6.45) is 52.7. The second-order valence-electron chi connectivity index (χ2n) is 14.6. The molecule has 0 aliphatic carbocycles. The van der Waals surface area contributed by atoms with E-state index in [0.717, 1.165) is 64.2 Å². The third-order valence-corrected chi connectivity index (χ3v) is 10.1. The Hall–Kier alpha value is -2.55. The van der Waals surface area contributed by atoms with Crippen LogP contribution < -0.4 is 5.32 Å². The van der Waals surface area contributed by atoms with E-state index in [1.165, 1.54) is 83.5 Å². The lowest BCUT2D eigenvalue weighted by Crippen LogP contribution is -2.27. The van der Waals surface area contributed by atoms with Gasteiger partial charge in [0.25, 0.3) is 0 Å². The minimum Gasteiger partial charge on any atom is -0.463 e. The zero-order valence-corrected chi connectivity index (χ0v) is 36.9. The molecule has 3 N–H and O–H groups in total. The topological polar surface area (TPSA) is 131 Å². The van der Waals surface area contributed by atoms with E-state index in [1.807, 2.05) is 0 Å². The zero-order valence-electron chi connectivity index (χ0n) is 36.0. The predicted molar refractivity (Wildman–Crippen MR) is 238 cm³/mol. The Labute approximate surface area is 348 Å². The number of nitrogens with one attached hydrogen (secondary N) is 1. The molecule has 0 aliphatic heterocycles. The number of hydrogen-bond donors (Lipinski definition) is 3. The number of rotatable bonds is 41. The molecular weight excluding hydrogens is 737 g/mol. The van der Waals surface area contributed by atoms with E-state index in [0.29, 0.717) is 12.8 Å². The lowest BCUT2D eigenvalue weighted by molar-refractivity contribution is -0.147. The van der Waals surface area contributed by atoms with Crippen LogP contribution in [-0.2, 0) is 27.9 Å². The van der Waals surface area contributed by atoms with Crippen molar-refractivity contribution in [3.8, 4) is 0 Å². The lowest BCUT2D eigenvalue weighted by Gasteiger charge is -2.15. The lowest BCUT2D eigenvalue weighted by atomic mass is 10.0. The first-order valence-corrected chi connectivity index (χ1v) is 23.9. The molecule has 0 heterocycles. The number of esters is 1. The van der Waals surface area contributed by atoms with Crippen LogP contribution in [0.5, 0.6) is 0 Å². The van der Waals surface area contributed by atoms with Crippen LogP contribution in [0, 0.1) is 0 Å². The summed E-state index contributed by atoms with van der Waals surface area (Å²) in [7, 11) is -4.43. The molecule has 1 amide bonds. The number of phosphoric acid groups is 1. The number of ether oxygens (including phenoxy) is 1. The fourth-order valence-electron chi connectivity index (χ4n) is 5.75. The quantitative estimate of drug-likeness (QED) is 0.0240. The van der Waals surface area contributed by atoms with E-state index < -0.39 is 26.5 Å². The smallest absolute Gasteiger partial charge is 0.463 e. The van der Waals surface area contributed by atoms with Crippen molar-refractivity contribution in [1.82, 2.24) is 5.32 Å². The van der Waals surface area contributed by atoms with Crippen molar-refractivity contribution in [2.24, 2.45) is 0 Å². The minimum absolute atomic E-state index is 0.0722. The average Bonchev–Trinajstić information content (AvgIpc) is 3.20. The summed E-state index contributed by atoms with van der Waals surface area (Å²) < 4.78 is 26.8. The van der Waals surface area contributed by atoms with Gasteiger partial charge in [0.15, 0.2) is 0 Å². The van der Waals surface area contributed by atoms with Crippen LogP contribution in [0.2, 0.25) is 0 Å². The van der Waals surface area contributed by atoms with Crippen LogP contribution >= 0.6 is 7.82 Å². The highest BCUT2D eigenvalue weighted by molar-refractivity contribution is 7.47. The van der Waals surface area contributed by atoms with Crippen molar-refractivity contribution < 1.29 is 37.9 Å². The molecule has 0 fully saturated rings. The molecule has 0 aromatic carbocycles. The fraction of sp³-hybridized carbons (Fsp3) is 0.702. The van der Waals surface area contributed by atoms with Gasteiger partial charge in [-0.2, -0.15) is 0 Å². The van der Waals surface area contributed by atoms with Crippen LogP contribution in [0.3, 0.4) is 0 Å². The van der Waals surface area contributed by atoms with E-state index >= 15 is 0 Å². The van der Waals surface area contributed by atoms with Crippen molar-refractivity contribution in [3.63, 3.8) is 0 Å². The van der Waals surface area contributed by atoms with Gasteiger partial charge in [0, 0.05) is 19.4 Å². The molecular formula is C47H82NO8P. The first-order chi connectivity index (χ1) is 27.8. The Bertz CT molecular complexity index is 1160. The van der Waals surface area contributed by atoms with E-state index in [1.54, 1.807) is 0 Å². The van der Waals surface area contributed by atoms with Crippen LogP contribution in [0.1, 0.15) is 181 Å². The van der Waals surface area contributed by atoms with Crippen molar-refractivity contribution in [3.05, 3.63) is 72.9 Å². The van der Waals surface area contributed by atoms with Gasteiger partial charge in [-0.1, -0.05) is 157 Å². The van der Waals surface area contributed by atoms with Crippen molar-refractivity contribution >= 4 is 19.7 Å². The van der Waals surface area contributed by atoms with E-state index in [2.05, 4.69) is 92.1 Å². The highest BCUT2D eigenvalue weighted by Gasteiger charge is 2.23. The maximum atomic E-state index is 12.1. The Morgan fingerprint density at radius 2 is 1.00 bits per heavy atom. The molecule has 0 aliphatic rings. The summed E-state index contributed by atoms with van der Waals surface area (Å²) in [6.45, 7) is 3.36. The Kier molecular flexibility index (Phi) is 41.1. The number of hydrogen-bond acceptors (Lipinski definition) is 7. The molecule has 0 aromatic rings. The molecule has 0 spiro atoms. The number of aliphatic hydroxyl groups excluding tert-OH is 1. The number of amides is 1. The maximum Gasteiger partial charge on any atom is 0.472 e. The first kappa shape index (κ1) is 54.5. The van der Waals surface area contributed by atoms with Gasteiger partial charge in [-0.3, -0.25) is 18.6 Å². The van der Waals surface area contributed by atoms with Gasteiger partial charge in [-0.05, 0) is 83.5 Å². The molecule has 0 rings (SSSR count). The van der Waals surface area contributed by atoms with Crippen molar-refractivity contribution in [1.29, 1.82) is 0 Å². The number of carbonyl (C=O) groups excluding carboxylic acids is 2. The SMILES string of the molecule is CC/C=C\C/C=C\C/C=C\C/C=C\CCCCC(=O)OCC(O)COP(=O)(O)OCCNC(=O)CCCCCCCCCCCCC/C=C\C/C=C\CCCCC. The Balaban J connectivity index is 3.63. The Morgan fingerprint density at radius 1 is 0.561 bits per heavy atom. The number of carbonyl (C=O) groups is 2. The highest BCUT2D eigenvalue weighted by Crippen LogP contribution is 2.42. The van der Waals surface area contributed by atoms with E-state index in [-0.39, 0.29) is 32.1 Å². The van der Waals surface area contributed by atoms with Crippen LogP contribution in [0.25, 0.3) is 0 Å². The number of allylic oxidation sites excluding steroid dienone is 12. The zero-order chi connectivity index (χ0) is 41.8. The molecule has 0 saturated carbocycles. The predicted octanol–water partition coefficient (Wildman–Crippen LogP) is 12.7. The summed E-state index contributed by atoms with van der Waals surface area (Å²) in [5, 5.41) is 12.7. The molecule has 0 aromatic heterocycles. The average molecular weight is 820 g/mol. The van der Waals surface area contributed by atoms with Gasteiger partial charge in [0.05, 0.1) is 13.2 Å². The summed E-state index contributed by atoms with van der Waals surface area (Å²) >= 11 is 0. The van der Waals surface area contributed by atoms with Gasteiger partial charge < -0.3 is 20.1 Å². The number of unbranched alkanes of at least 4 members (excludes halogenated alkanes) is 16. The molecule has 328 valence electrons. The van der Waals surface area contributed by atoms with Crippen molar-refractivity contribution in [2.75, 3.05) is 26.4 Å². The van der Waals surface area contributed by atoms with Crippen LogP contribution in [0.15, 0.2) is 72.9 Å². The molecule has 0 radical (unpaired) electrons. The highest BCUT2D eigenvalue weighted by atomic mass is 31.2. The van der Waals surface area contributed by atoms with Gasteiger partial charge in [0.2, 0.25) is 5.91 Å².